The predicted molar refractivity (Wildman–Crippen MR) is 80.1 cm³/mol. The summed E-state index contributed by atoms with van der Waals surface area (Å²) >= 11 is 5.96. The van der Waals surface area contributed by atoms with Crippen LogP contribution < -0.4 is 5.32 Å². The number of halogens is 1. The van der Waals surface area contributed by atoms with E-state index in [1.54, 1.807) is 6.20 Å². The van der Waals surface area contributed by atoms with Crippen LogP contribution in [0.25, 0.3) is 0 Å². The average Bonchev–Trinajstić information content (AvgIpc) is 2.68. The van der Waals surface area contributed by atoms with Crippen LogP contribution in [0.1, 0.15) is 45.7 Å². The summed E-state index contributed by atoms with van der Waals surface area (Å²) in [5.41, 5.74) is 0.0554. The van der Waals surface area contributed by atoms with Gasteiger partial charge in [-0.25, -0.2) is 0 Å². The first-order valence-electron chi connectivity index (χ1n) is 7.01. The van der Waals surface area contributed by atoms with E-state index in [2.05, 4.69) is 10.4 Å². The third-order valence-corrected chi connectivity index (χ3v) is 3.97. The second-order valence-corrected chi connectivity index (χ2v) is 5.85. The summed E-state index contributed by atoms with van der Waals surface area (Å²) in [6.45, 7) is 8.41. The molecule has 0 amide bonds. The molecular formula is C14H24ClN3O2. The molecule has 2 N–H and O–H groups in total. The minimum atomic E-state index is -0.862. The molecule has 1 atom stereocenters. The maximum absolute atomic E-state index is 11.6. The zero-order valence-corrected chi connectivity index (χ0v) is 13.4. The largest absolute Gasteiger partial charge is 0.480 e. The van der Waals surface area contributed by atoms with Crippen molar-refractivity contribution in [2.24, 2.45) is 0 Å². The van der Waals surface area contributed by atoms with Gasteiger partial charge in [0.15, 0.2) is 0 Å². The van der Waals surface area contributed by atoms with Gasteiger partial charge in [-0.1, -0.05) is 18.5 Å². The molecule has 0 saturated carbocycles. The van der Waals surface area contributed by atoms with Crippen molar-refractivity contribution in [1.82, 2.24) is 15.1 Å². The molecule has 20 heavy (non-hydrogen) atoms. The van der Waals surface area contributed by atoms with Gasteiger partial charge in [-0.3, -0.25) is 14.8 Å². The Kier molecular flexibility index (Phi) is 6.02. The van der Waals surface area contributed by atoms with Crippen molar-refractivity contribution in [2.45, 2.75) is 65.1 Å². The summed E-state index contributed by atoms with van der Waals surface area (Å²) in [5, 5.41) is 17.5. The zero-order valence-electron chi connectivity index (χ0n) is 12.6. The first-order valence-corrected chi connectivity index (χ1v) is 7.39. The van der Waals surface area contributed by atoms with Gasteiger partial charge in [-0.2, -0.15) is 5.10 Å². The number of nitrogens with zero attached hydrogens (tertiary/aromatic N) is 2. The van der Waals surface area contributed by atoms with Crippen molar-refractivity contribution in [3.8, 4) is 0 Å². The first-order chi connectivity index (χ1) is 9.32. The molecule has 0 aromatic carbocycles. The van der Waals surface area contributed by atoms with Gasteiger partial charge in [0, 0.05) is 12.6 Å². The van der Waals surface area contributed by atoms with Gasteiger partial charge in [0.25, 0.3) is 0 Å². The Morgan fingerprint density at radius 3 is 2.65 bits per heavy atom. The lowest BCUT2D eigenvalue weighted by Gasteiger charge is -2.31. The number of aliphatic carboxylic acids is 1. The minimum absolute atomic E-state index is 0.131. The van der Waals surface area contributed by atoms with Crippen LogP contribution >= 0.6 is 11.6 Å². The maximum Gasteiger partial charge on any atom is 0.323 e. The van der Waals surface area contributed by atoms with Gasteiger partial charge in [0.2, 0.25) is 0 Å². The second kappa shape index (κ2) is 7.09. The van der Waals surface area contributed by atoms with E-state index in [0.717, 1.165) is 12.1 Å². The Labute approximate surface area is 125 Å². The molecule has 1 aromatic heterocycles. The van der Waals surface area contributed by atoms with Gasteiger partial charge in [-0.05, 0) is 40.0 Å². The number of aryl methyl sites for hydroxylation is 1. The number of carboxylic acids is 1. The van der Waals surface area contributed by atoms with Gasteiger partial charge in [0.05, 0.1) is 16.9 Å². The van der Waals surface area contributed by atoms with Gasteiger partial charge in [0.1, 0.15) is 5.54 Å². The quantitative estimate of drug-likeness (QED) is 0.775. The van der Waals surface area contributed by atoms with Crippen molar-refractivity contribution < 1.29 is 9.90 Å². The molecule has 6 heteroatoms. The second-order valence-electron chi connectivity index (χ2n) is 5.44. The van der Waals surface area contributed by atoms with Gasteiger partial charge >= 0.3 is 5.97 Å². The summed E-state index contributed by atoms with van der Waals surface area (Å²) < 4.78 is 1.82. The molecule has 1 rings (SSSR count). The van der Waals surface area contributed by atoms with Gasteiger partial charge < -0.3 is 5.11 Å². The lowest BCUT2D eigenvalue weighted by Crippen LogP contribution is -2.54. The van der Waals surface area contributed by atoms with E-state index in [4.69, 9.17) is 11.6 Å². The number of rotatable bonds is 8. The number of hydrogen-bond acceptors (Lipinski definition) is 3. The Hall–Kier alpha value is -1.07. The van der Waals surface area contributed by atoms with Crippen LogP contribution in [0, 0.1) is 6.92 Å². The molecule has 0 saturated heterocycles. The monoisotopic (exact) mass is 301 g/mol. The highest BCUT2D eigenvalue weighted by molar-refractivity contribution is 6.31. The molecular weight excluding hydrogens is 278 g/mol. The molecule has 1 aromatic rings. The van der Waals surface area contributed by atoms with E-state index in [1.165, 1.54) is 0 Å². The number of carboxylic acid groups (broad SMARTS) is 1. The molecule has 5 nitrogen and oxygen atoms in total. The number of aromatic nitrogens is 2. The molecule has 0 aliphatic rings. The molecule has 1 unspecified atom stereocenters. The smallest absolute Gasteiger partial charge is 0.323 e. The van der Waals surface area contributed by atoms with Crippen LogP contribution in [-0.4, -0.2) is 32.4 Å². The summed E-state index contributed by atoms with van der Waals surface area (Å²) in [5.74, 6) is -0.788. The van der Waals surface area contributed by atoms with Crippen molar-refractivity contribution in [3.63, 3.8) is 0 Å². The van der Waals surface area contributed by atoms with Gasteiger partial charge in [-0.15, -0.1) is 0 Å². The lowest BCUT2D eigenvalue weighted by molar-refractivity contribution is -0.145. The summed E-state index contributed by atoms with van der Waals surface area (Å²) in [6.07, 6.45) is 3.47. The van der Waals surface area contributed by atoms with Crippen LogP contribution in [0.15, 0.2) is 6.20 Å². The Balaban J connectivity index is 2.67. The van der Waals surface area contributed by atoms with Crippen LogP contribution in [0.3, 0.4) is 0 Å². The molecule has 1 heterocycles. The van der Waals surface area contributed by atoms with E-state index in [0.29, 0.717) is 24.4 Å². The molecule has 0 spiro atoms. The first kappa shape index (κ1) is 17.0. The number of nitrogens with one attached hydrogen (secondary N) is 1. The minimum Gasteiger partial charge on any atom is -0.480 e. The normalized spacial score (nSPS) is 14.5. The number of carbonyl (C=O) groups is 1. The molecule has 114 valence electrons. The van der Waals surface area contributed by atoms with Crippen LogP contribution in [-0.2, 0) is 11.3 Å². The van der Waals surface area contributed by atoms with Crippen molar-refractivity contribution >= 4 is 17.6 Å². The molecule has 0 radical (unpaired) electrons. The maximum atomic E-state index is 11.6. The number of hydrogen-bond donors (Lipinski definition) is 2. The lowest BCUT2D eigenvalue weighted by atomic mass is 9.89. The Morgan fingerprint density at radius 1 is 1.60 bits per heavy atom. The van der Waals surface area contributed by atoms with Crippen LogP contribution in [0.2, 0.25) is 5.02 Å². The van der Waals surface area contributed by atoms with Crippen LogP contribution in [0.4, 0.5) is 0 Å². The van der Waals surface area contributed by atoms with Crippen LogP contribution in [0.5, 0.6) is 0 Å². The fourth-order valence-corrected chi connectivity index (χ4v) is 2.54. The topological polar surface area (TPSA) is 67.2 Å². The van der Waals surface area contributed by atoms with E-state index in [1.807, 2.05) is 32.4 Å². The average molecular weight is 302 g/mol. The SMILES string of the molecule is CCC(CCCn1ncc(Cl)c1C)(NC(C)C)C(=O)O. The van der Waals surface area contributed by atoms with E-state index >= 15 is 0 Å². The third-order valence-electron chi connectivity index (χ3n) is 3.59. The fraction of sp³-hybridized carbons (Fsp3) is 0.714. The van der Waals surface area contributed by atoms with E-state index in [-0.39, 0.29) is 6.04 Å². The molecule has 0 aliphatic heterocycles. The zero-order chi connectivity index (χ0) is 15.3. The fourth-order valence-electron chi connectivity index (χ4n) is 2.40. The molecule has 0 fully saturated rings. The van der Waals surface area contributed by atoms with E-state index in [9.17, 15) is 9.90 Å². The Bertz CT molecular complexity index is 459. The predicted octanol–water partition coefficient (Wildman–Crippen LogP) is 2.86. The highest BCUT2D eigenvalue weighted by Gasteiger charge is 2.36. The standard InChI is InChI=1S/C14H24ClN3O2/c1-5-14(13(19)20,17-10(2)3)7-6-8-18-11(4)12(15)9-16-18/h9-10,17H,5-8H2,1-4H3,(H,19,20). The highest BCUT2D eigenvalue weighted by Crippen LogP contribution is 2.21. The molecule has 0 aliphatic carbocycles. The third kappa shape index (κ3) is 3.96. The summed E-state index contributed by atoms with van der Waals surface area (Å²) in [7, 11) is 0. The van der Waals surface area contributed by atoms with Crippen molar-refractivity contribution in [2.75, 3.05) is 0 Å². The Morgan fingerprint density at radius 2 is 2.25 bits per heavy atom. The van der Waals surface area contributed by atoms with Crippen molar-refractivity contribution in [3.05, 3.63) is 16.9 Å². The molecule has 0 bridgehead atoms. The van der Waals surface area contributed by atoms with Crippen molar-refractivity contribution in [1.29, 1.82) is 0 Å². The summed E-state index contributed by atoms with van der Waals surface area (Å²) in [4.78, 5) is 11.6. The van der Waals surface area contributed by atoms with E-state index < -0.39 is 11.5 Å². The highest BCUT2D eigenvalue weighted by atomic mass is 35.5. The summed E-state index contributed by atoms with van der Waals surface area (Å²) in [6, 6.07) is 0.131.